The van der Waals surface area contributed by atoms with Crippen LogP contribution in [0.4, 0.5) is 8.78 Å². The van der Waals surface area contributed by atoms with Crippen LogP contribution in [-0.4, -0.2) is 17.8 Å². The SMILES string of the molecule is CC(Cl)CCCNC(=O)c1ccc(F)cc1F. The molecule has 0 aliphatic carbocycles. The molecule has 1 N–H and O–H groups in total. The highest BCUT2D eigenvalue weighted by Crippen LogP contribution is 2.09. The average Bonchev–Trinajstić information content (AvgIpc) is 2.23. The van der Waals surface area contributed by atoms with Gasteiger partial charge in [-0.1, -0.05) is 0 Å². The van der Waals surface area contributed by atoms with Crippen LogP contribution in [0.15, 0.2) is 18.2 Å². The predicted octanol–water partition coefficient (Wildman–Crippen LogP) is 3.10. The van der Waals surface area contributed by atoms with Crippen LogP contribution < -0.4 is 5.32 Å². The Kier molecular flexibility index (Phi) is 5.35. The highest BCUT2D eigenvalue weighted by atomic mass is 35.5. The lowest BCUT2D eigenvalue weighted by molar-refractivity contribution is 0.0949. The van der Waals surface area contributed by atoms with Gasteiger partial charge in [-0.25, -0.2) is 8.78 Å². The fourth-order valence-corrected chi connectivity index (χ4v) is 1.51. The van der Waals surface area contributed by atoms with E-state index in [9.17, 15) is 13.6 Å². The Morgan fingerprint density at radius 1 is 1.47 bits per heavy atom. The summed E-state index contributed by atoms with van der Waals surface area (Å²) in [5.74, 6) is -2.09. The van der Waals surface area contributed by atoms with Gasteiger partial charge in [-0.15, -0.1) is 11.6 Å². The Balaban J connectivity index is 2.47. The molecule has 1 aromatic carbocycles. The van der Waals surface area contributed by atoms with E-state index in [4.69, 9.17) is 11.6 Å². The van der Waals surface area contributed by atoms with Crippen molar-refractivity contribution in [1.82, 2.24) is 5.32 Å². The lowest BCUT2D eigenvalue weighted by atomic mass is 10.2. The maximum Gasteiger partial charge on any atom is 0.254 e. The van der Waals surface area contributed by atoms with Gasteiger partial charge in [0.15, 0.2) is 0 Å². The second kappa shape index (κ2) is 6.55. The number of halogens is 3. The molecule has 1 atom stereocenters. The van der Waals surface area contributed by atoms with Gasteiger partial charge < -0.3 is 5.32 Å². The van der Waals surface area contributed by atoms with Gasteiger partial charge in [0, 0.05) is 18.0 Å². The Morgan fingerprint density at radius 2 is 2.18 bits per heavy atom. The first kappa shape index (κ1) is 13.9. The zero-order valence-corrected chi connectivity index (χ0v) is 10.2. The molecule has 0 bridgehead atoms. The standard InChI is InChI=1S/C12H14ClF2NO/c1-8(13)3-2-6-16-12(17)10-5-4-9(14)7-11(10)15/h4-5,7-8H,2-3,6H2,1H3,(H,16,17). The molecule has 0 heterocycles. The van der Waals surface area contributed by atoms with Crippen molar-refractivity contribution < 1.29 is 13.6 Å². The van der Waals surface area contributed by atoms with Crippen LogP contribution in [0.5, 0.6) is 0 Å². The molecule has 1 aromatic rings. The largest absolute Gasteiger partial charge is 0.352 e. The molecule has 1 unspecified atom stereocenters. The summed E-state index contributed by atoms with van der Waals surface area (Å²) in [6, 6.07) is 2.87. The van der Waals surface area contributed by atoms with E-state index in [1.54, 1.807) is 0 Å². The third-order valence-corrected chi connectivity index (χ3v) is 2.46. The molecular weight excluding hydrogens is 248 g/mol. The van der Waals surface area contributed by atoms with Gasteiger partial charge in [0.2, 0.25) is 0 Å². The summed E-state index contributed by atoms with van der Waals surface area (Å²) in [6.45, 7) is 2.29. The van der Waals surface area contributed by atoms with Gasteiger partial charge in [0.1, 0.15) is 11.6 Å². The van der Waals surface area contributed by atoms with Gasteiger partial charge in [-0.05, 0) is 31.9 Å². The van der Waals surface area contributed by atoms with Crippen molar-refractivity contribution in [3.63, 3.8) is 0 Å². The lowest BCUT2D eigenvalue weighted by Crippen LogP contribution is -2.25. The normalized spacial score (nSPS) is 12.2. The first-order chi connectivity index (χ1) is 8.00. The maximum atomic E-state index is 13.2. The molecule has 5 heteroatoms. The summed E-state index contributed by atoms with van der Waals surface area (Å²) in [4.78, 5) is 11.5. The van der Waals surface area contributed by atoms with Crippen molar-refractivity contribution in [3.05, 3.63) is 35.4 Å². The zero-order valence-electron chi connectivity index (χ0n) is 9.47. The van der Waals surface area contributed by atoms with Crippen LogP contribution >= 0.6 is 11.6 Å². The van der Waals surface area contributed by atoms with Crippen LogP contribution in [0.3, 0.4) is 0 Å². The molecule has 0 aliphatic heterocycles. The molecular formula is C12H14ClF2NO. The Hall–Kier alpha value is -1.16. The predicted molar refractivity (Wildman–Crippen MR) is 63.2 cm³/mol. The number of carbonyl (C=O) groups is 1. The molecule has 1 rings (SSSR count). The van der Waals surface area contributed by atoms with Gasteiger partial charge >= 0.3 is 0 Å². The van der Waals surface area contributed by atoms with E-state index < -0.39 is 17.5 Å². The summed E-state index contributed by atoms with van der Waals surface area (Å²) in [6.07, 6.45) is 1.49. The smallest absolute Gasteiger partial charge is 0.254 e. The Bertz CT molecular complexity index is 396. The topological polar surface area (TPSA) is 29.1 Å². The van der Waals surface area contributed by atoms with Gasteiger partial charge in [0.05, 0.1) is 5.56 Å². The van der Waals surface area contributed by atoms with Gasteiger partial charge in [0.25, 0.3) is 5.91 Å². The monoisotopic (exact) mass is 261 g/mol. The van der Waals surface area contributed by atoms with E-state index in [-0.39, 0.29) is 10.9 Å². The molecule has 2 nitrogen and oxygen atoms in total. The molecule has 94 valence electrons. The fourth-order valence-electron chi connectivity index (χ4n) is 1.35. The van der Waals surface area contributed by atoms with E-state index in [0.29, 0.717) is 12.6 Å². The maximum absolute atomic E-state index is 13.2. The molecule has 0 aromatic heterocycles. The highest BCUT2D eigenvalue weighted by Gasteiger charge is 2.11. The second-order valence-electron chi connectivity index (χ2n) is 3.80. The van der Waals surface area contributed by atoms with Crippen molar-refractivity contribution in [2.45, 2.75) is 25.1 Å². The number of carbonyl (C=O) groups excluding carboxylic acids is 1. The number of benzene rings is 1. The molecule has 0 aliphatic rings. The van der Waals surface area contributed by atoms with Crippen LogP contribution in [-0.2, 0) is 0 Å². The molecule has 17 heavy (non-hydrogen) atoms. The summed E-state index contributed by atoms with van der Waals surface area (Å²) in [7, 11) is 0. The first-order valence-electron chi connectivity index (χ1n) is 5.38. The van der Waals surface area contributed by atoms with E-state index >= 15 is 0 Å². The zero-order chi connectivity index (χ0) is 12.8. The summed E-state index contributed by atoms with van der Waals surface area (Å²) in [5, 5.41) is 2.61. The number of hydrogen-bond donors (Lipinski definition) is 1. The van der Waals surface area contributed by atoms with Crippen molar-refractivity contribution in [3.8, 4) is 0 Å². The van der Waals surface area contributed by atoms with Crippen molar-refractivity contribution in [1.29, 1.82) is 0 Å². The highest BCUT2D eigenvalue weighted by molar-refractivity contribution is 6.20. The fraction of sp³-hybridized carbons (Fsp3) is 0.417. The van der Waals surface area contributed by atoms with E-state index in [2.05, 4.69) is 5.32 Å². The minimum atomic E-state index is -0.854. The summed E-state index contributed by atoms with van der Waals surface area (Å²) in [5.41, 5.74) is -0.148. The number of hydrogen-bond acceptors (Lipinski definition) is 1. The lowest BCUT2D eigenvalue weighted by Gasteiger charge is -2.06. The van der Waals surface area contributed by atoms with Crippen molar-refractivity contribution in [2.24, 2.45) is 0 Å². The quantitative estimate of drug-likeness (QED) is 0.640. The molecule has 0 fully saturated rings. The third-order valence-electron chi connectivity index (χ3n) is 2.24. The van der Waals surface area contributed by atoms with Crippen LogP contribution in [0, 0.1) is 11.6 Å². The molecule has 0 spiro atoms. The number of alkyl halides is 1. The average molecular weight is 262 g/mol. The van der Waals surface area contributed by atoms with E-state index in [1.165, 1.54) is 0 Å². The minimum Gasteiger partial charge on any atom is -0.352 e. The third kappa shape index (κ3) is 4.69. The van der Waals surface area contributed by atoms with Crippen molar-refractivity contribution in [2.75, 3.05) is 6.54 Å². The summed E-state index contributed by atoms with van der Waals surface area (Å²) >= 11 is 5.74. The molecule has 1 amide bonds. The number of amides is 1. The second-order valence-corrected chi connectivity index (χ2v) is 4.55. The Labute approximate surface area is 104 Å². The van der Waals surface area contributed by atoms with Gasteiger partial charge in [-0.3, -0.25) is 4.79 Å². The number of nitrogens with one attached hydrogen (secondary N) is 1. The Morgan fingerprint density at radius 3 is 2.76 bits per heavy atom. The first-order valence-corrected chi connectivity index (χ1v) is 5.81. The van der Waals surface area contributed by atoms with Gasteiger partial charge in [-0.2, -0.15) is 0 Å². The molecule has 0 saturated heterocycles. The van der Waals surface area contributed by atoms with Crippen LogP contribution in [0.1, 0.15) is 30.1 Å². The van der Waals surface area contributed by atoms with Crippen molar-refractivity contribution >= 4 is 17.5 Å². The molecule has 0 radical (unpaired) electrons. The molecule has 0 saturated carbocycles. The minimum absolute atomic E-state index is 0.0504. The van der Waals surface area contributed by atoms with Crippen LogP contribution in [0.2, 0.25) is 0 Å². The van der Waals surface area contributed by atoms with Crippen LogP contribution in [0.25, 0.3) is 0 Å². The van der Waals surface area contributed by atoms with E-state index in [0.717, 1.165) is 25.0 Å². The summed E-state index contributed by atoms with van der Waals surface area (Å²) < 4.78 is 25.8. The van der Waals surface area contributed by atoms with E-state index in [1.807, 2.05) is 6.92 Å². The number of rotatable bonds is 5.